The summed E-state index contributed by atoms with van der Waals surface area (Å²) in [6, 6.07) is 5.41. The minimum absolute atomic E-state index is 0.0979. The molecule has 4 atom stereocenters. The Morgan fingerprint density at radius 1 is 1.26 bits per heavy atom. The van der Waals surface area contributed by atoms with Crippen LogP contribution in [-0.2, 0) is 9.59 Å². The summed E-state index contributed by atoms with van der Waals surface area (Å²) in [7, 11) is 1.55. The second-order valence-electron chi connectivity index (χ2n) is 9.14. The van der Waals surface area contributed by atoms with Crippen LogP contribution in [0.5, 0.6) is 5.75 Å². The van der Waals surface area contributed by atoms with Crippen LogP contribution in [0.2, 0.25) is 0 Å². The van der Waals surface area contributed by atoms with E-state index in [2.05, 4.69) is 20.9 Å². The summed E-state index contributed by atoms with van der Waals surface area (Å²) in [5.74, 6) is -0.696. The van der Waals surface area contributed by atoms with Gasteiger partial charge >= 0.3 is 0 Å². The zero-order chi connectivity index (χ0) is 24.8. The van der Waals surface area contributed by atoms with E-state index in [0.29, 0.717) is 25.1 Å². The lowest BCUT2D eigenvalue weighted by Gasteiger charge is -2.28. The lowest BCUT2D eigenvalue weighted by molar-refractivity contribution is -0.127. The molecule has 1 aromatic carbocycles. The van der Waals surface area contributed by atoms with Crippen molar-refractivity contribution in [1.29, 1.82) is 0 Å². The third kappa shape index (κ3) is 6.06. The Hall–Kier alpha value is -3.11. The molecule has 0 aliphatic carbocycles. The maximum Gasteiger partial charge on any atom is 0.268 e. The summed E-state index contributed by atoms with van der Waals surface area (Å²) in [4.78, 5) is 41.2. The average molecular weight is 475 g/mol. The van der Waals surface area contributed by atoms with Gasteiger partial charge in [0.1, 0.15) is 17.5 Å². The summed E-state index contributed by atoms with van der Waals surface area (Å²) in [5.41, 5.74) is 1.02. The topological polar surface area (TPSA) is 153 Å². The van der Waals surface area contributed by atoms with Gasteiger partial charge in [0.25, 0.3) is 5.91 Å². The van der Waals surface area contributed by atoms with Gasteiger partial charge in [-0.15, -0.1) is 0 Å². The summed E-state index contributed by atoms with van der Waals surface area (Å²) in [6.45, 7) is 3.85. The second kappa shape index (κ2) is 11.3. The monoisotopic (exact) mass is 474 g/mol. The highest BCUT2D eigenvalue weighted by molar-refractivity contribution is 6.01. The third-order valence-electron chi connectivity index (χ3n) is 6.10. The number of carbonyl (C=O) groups excluding carboxylic acids is 3. The van der Waals surface area contributed by atoms with Crippen molar-refractivity contribution >= 4 is 28.6 Å². The molecule has 1 aliphatic rings. The molecule has 3 amide bonds. The summed E-state index contributed by atoms with van der Waals surface area (Å²) in [6.07, 6.45) is -0.0654. The molecule has 0 radical (unpaired) electrons. The fourth-order valence-electron chi connectivity index (χ4n) is 4.27. The van der Waals surface area contributed by atoms with Crippen molar-refractivity contribution in [2.75, 3.05) is 20.3 Å². The number of hydrogen-bond donors (Lipinski definition) is 6. The number of aliphatic hydroxyl groups excluding tert-OH is 2. The summed E-state index contributed by atoms with van der Waals surface area (Å²) >= 11 is 0. The Morgan fingerprint density at radius 3 is 2.65 bits per heavy atom. The SMILES string of the molecule is COc1cccc2[nH]c(C(=O)N[C@@H](CC(C)C)C(=O)N[C@@H](C[C@@H]3CCNC3=O)[C@H](O)CO)cc12. The Labute approximate surface area is 198 Å². The minimum atomic E-state index is -1.23. The van der Waals surface area contributed by atoms with Crippen LogP contribution in [0, 0.1) is 11.8 Å². The van der Waals surface area contributed by atoms with E-state index in [1.54, 1.807) is 19.2 Å². The quantitative estimate of drug-likeness (QED) is 0.282. The number of ether oxygens (including phenoxy) is 1. The highest BCUT2D eigenvalue weighted by Crippen LogP contribution is 2.26. The Kier molecular flexibility index (Phi) is 8.51. The molecule has 186 valence electrons. The first-order valence-electron chi connectivity index (χ1n) is 11.6. The molecule has 0 spiro atoms. The Bertz CT molecular complexity index is 1020. The molecule has 3 rings (SSSR count). The number of methoxy groups -OCH3 is 1. The summed E-state index contributed by atoms with van der Waals surface area (Å²) in [5, 5.41) is 28.7. The Balaban J connectivity index is 1.75. The summed E-state index contributed by atoms with van der Waals surface area (Å²) < 4.78 is 5.34. The van der Waals surface area contributed by atoms with Crippen molar-refractivity contribution in [3.63, 3.8) is 0 Å². The highest BCUT2D eigenvalue weighted by Gasteiger charge is 2.33. The van der Waals surface area contributed by atoms with Crippen LogP contribution in [0.1, 0.15) is 43.6 Å². The minimum Gasteiger partial charge on any atom is -0.496 e. The van der Waals surface area contributed by atoms with E-state index in [4.69, 9.17) is 4.74 Å². The lowest BCUT2D eigenvalue weighted by atomic mass is 9.94. The molecule has 2 heterocycles. The van der Waals surface area contributed by atoms with Gasteiger partial charge in [-0.3, -0.25) is 14.4 Å². The molecule has 6 N–H and O–H groups in total. The van der Waals surface area contributed by atoms with Crippen LogP contribution >= 0.6 is 0 Å². The van der Waals surface area contributed by atoms with E-state index >= 15 is 0 Å². The highest BCUT2D eigenvalue weighted by atomic mass is 16.5. The smallest absolute Gasteiger partial charge is 0.268 e. The van der Waals surface area contributed by atoms with Crippen LogP contribution in [0.4, 0.5) is 0 Å². The standard InChI is InChI=1S/C24H34N4O6/c1-13(2)9-18(23(32)27-17(20(30)12-29)10-14-7-8-25-22(14)31)28-24(33)19-11-15-16(26-19)5-4-6-21(15)34-3/h4-6,11,13-14,17-18,20,26,29-30H,7-10,12H2,1-3H3,(H,25,31)(H,27,32)(H,28,33)/t14-,17-,18-,20+/m0/s1. The number of aliphatic hydroxyl groups is 2. The number of carbonyl (C=O) groups is 3. The van der Waals surface area contributed by atoms with E-state index in [-0.39, 0.29) is 29.9 Å². The molecule has 0 bridgehead atoms. The van der Waals surface area contributed by atoms with Crippen molar-refractivity contribution in [1.82, 2.24) is 20.9 Å². The van der Waals surface area contributed by atoms with Gasteiger partial charge < -0.3 is 35.9 Å². The number of fused-ring (bicyclic) bond motifs is 1. The second-order valence-corrected chi connectivity index (χ2v) is 9.14. The van der Waals surface area contributed by atoms with Gasteiger partial charge in [0.15, 0.2) is 0 Å². The molecule has 1 aromatic heterocycles. The largest absolute Gasteiger partial charge is 0.496 e. The molecule has 1 fully saturated rings. The van der Waals surface area contributed by atoms with Crippen molar-refractivity contribution in [2.24, 2.45) is 11.8 Å². The van der Waals surface area contributed by atoms with E-state index in [0.717, 1.165) is 10.9 Å². The molecule has 10 heteroatoms. The molecule has 10 nitrogen and oxygen atoms in total. The normalized spacial score (nSPS) is 18.4. The number of H-pyrrole nitrogens is 1. The third-order valence-corrected chi connectivity index (χ3v) is 6.10. The van der Waals surface area contributed by atoms with Gasteiger partial charge in [-0.05, 0) is 43.4 Å². The van der Waals surface area contributed by atoms with Crippen molar-refractivity contribution in [3.05, 3.63) is 30.0 Å². The van der Waals surface area contributed by atoms with E-state index < -0.39 is 36.6 Å². The van der Waals surface area contributed by atoms with Crippen molar-refractivity contribution < 1.29 is 29.3 Å². The van der Waals surface area contributed by atoms with E-state index in [1.807, 2.05) is 26.0 Å². The van der Waals surface area contributed by atoms with Crippen LogP contribution in [0.3, 0.4) is 0 Å². The number of nitrogens with one attached hydrogen (secondary N) is 4. The first kappa shape index (κ1) is 25.5. The number of rotatable bonds is 11. The Morgan fingerprint density at radius 2 is 2.03 bits per heavy atom. The first-order chi connectivity index (χ1) is 16.2. The van der Waals surface area contributed by atoms with Gasteiger partial charge in [-0.1, -0.05) is 19.9 Å². The molecule has 2 aromatic rings. The van der Waals surface area contributed by atoms with Gasteiger partial charge in [0.05, 0.1) is 25.9 Å². The van der Waals surface area contributed by atoms with Crippen LogP contribution in [0.25, 0.3) is 10.9 Å². The zero-order valence-corrected chi connectivity index (χ0v) is 19.8. The molecular weight excluding hydrogens is 440 g/mol. The molecule has 0 saturated carbocycles. The lowest BCUT2D eigenvalue weighted by Crippen LogP contribution is -2.54. The van der Waals surface area contributed by atoms with Gasteiger partial charge in [0.2, 0.25) is 11.8 Å². The van der Waals surface area contributed by atoms with Crippen LogP contribution in [0.15, 0.2) is 24.3 Å². The number of benzene rings is 1. The maximum absolute atomic E-state index is 13.2. The molecule has 1 saturated heterocycles. The predicted molar refractivity (Wildman–Crippen MR) is 126 cm³/mol. The maximum atomic E-state index is 13.2. The fourth-order valence-corrected chi connectivity index (χ4v) is 4.27. The fraction of sp³-hybridized carbons (Fsp3) is 0.542. The van der Waals surface area contributed by atoms with Gasteiger partial charge in [-0.2, -0.15) is 0 Å². The predicted octanol–water partition coefficient (Wildman–Crippen LogP) is 0.685. The molecule has 1 aliphatic heterocycles. The molecular formula is C24H34N4O6. The first-order valence-corrected chi connectivity index (χ1v) is 11.6. The van der Waals surface area contributed by atoms with E-state index in [9.17, 15) is 24.6 Å². The molecule has 0 unspecified atom stereocenters. The van der Waals surface area contributed by atoms with Gasteiger partial charge in [-0.25, -0.2) is 0 Å². The number of aromatic nitrogens is 1. The number of hydrogen-bond acceptors (Lipinski definition) is 6. The van der Waals surface area contributed by atoms with Crippen LogP contribution < -0.4 is 20.7 Å². The van der Waals surface area contributed by atoms with Crippen LogP contribution in [-0.4, -0.2) is 71.4 Å². The number of aromatic amines is 1. The van der Waals surface area contributed by atoms with Crippen molar-refractivity contribution in [3.8, 4) is 5.75 Å². The average Bonchev–Trinajstić information content (AvgIpc) is 3.43. The van der Waals surface area contributed by atoms with Crippen molar-refractivity contribution in [2.45, 2.75) is 51.3 Å². The van der Waals surface area contributed by atoms with E-state index in [1.165, 1.54) is 0 Å². The molecule has 34 heavy (non-hydrogen) atoms. The number of amides is 3. The van der Waals surface area contributed by atoms with Gasteiger partial charge in [0, 0.05) is 23.4 Å². The zero-order valence-electron chi connectivity index (χ0n) is 19.8.